The standard InChI is InChI=1S/C21H19N3O4/c1-14(25)24(18-10-4-6-15-8-5-11-22-20(15)18)13-19(26)23-17-9-3-7-16(12-17)21(27)28-2/h3-12H,13H2,1-2H3,(H,23,26). The summed E-state index contributed by atoms with van der Waals surface area (Å²) in [5.74, 6) is -1.18. The number of ether oxygens (including phenoxy) is 1. The molecule has 0 aliphatic heterocycles. The predicted octanol–water partition coefficient (Wildman–Crippen LogP) is 3.01. The number of fused-ring (bicyclic) bond motifs is 1. The number of anilines is 2. The summed E-state index contributed by atoms with van der Waals surface area (Å²) in [6.45, 7) is 1.21. The van der Waals surface area contributed by atoms with Crippen LogP contribution in [0.3, 0.4) is 0 Å². The second-order valence-corrected chi connectivity index (χ2v) is 6.08. The Labute approximate surface area is 161 Å². The molecule has 0 aliphatic carbocycles. The van der Waals surface area contributed by atoms with E-state index >= 15 is 0 Å². The largest absolute Gasteiger partial charge is 0.465 e. The highest BCUT2D eigenvalue weighted by molar-refractivity contribution is 6.06. The summed E-state index contributed by atoms with van der Waals surface area (Å²) in [6.07, 6.45) is 1.64. The molecule has 0 radical (unpaired) electrons. The van der Waals surface area contributed by atoms with Crippen LogP contribution in [0.15, 0.2) is 60.8 Å². The lowest BCUT2D eigenvalue weighted by Crippen LogP contribution is -2.36. The number of nitrogens with zero attached hydrogens (tertiary/aromatic N) is 2. The number of methoxy groups -OCH3 is 1. The van der Waals surface area contributed by atoms with Crippen molar-refractivity contribution in [1.82, 2.24) is 4.98 Å². The molecule has 0 aliphatic rings. The fourth-order valence-corrected chi connectivity index (χ4v) is 2.86. The molecule has 2 amide bonds. The summed E-state index contributed by atoms with van der Waals surface area (Å²) in [5.41, 5.74) is 1.96. The maximum absolute atomic E-state index is 12.5. The number of nitrogens with one attached hydrogen (secondary N) is 1. The monoisotopic (exact) mass is 377 g/mol. The Hall–Kier alpha value is -3.74. The topological polar surface area (TPSA) is 88.6 Å². The number of amides is 2. The van der Waals surface area contributed by atoms with E-state index in [1.165, 1.54) is 25.0 Å². The van der Waals surface area contributed by atoms with E-state index in [-0.39, 0.29) is 12.5 Å². The highest BCUT2D eigenvalue weighted by Gasteiger charge is 2.19. The molecule has 142 valence electrons. The molecule has 7 heteroatoms. The van der Waals surface area contributed by atoms with Gasteiger partial charge in [0.25, 0.3) is 0 Å². The summed E-state index contributed by atoms with van der Waals surface area (Å²) >= 11 is 0. The van der Waals surface area contributed by atoms with Crippen LogP contribution in [-0.4, -0.2) is 36.4 Å². The van der Waals surface area contributed by atoms with Gasteiger partial charge in [0, 0.05) is 24.2 Å². The van der Waals surface area contributed by atoms with Crippen LogP contribution in [0.2, 0.25) is 0 Å². The van der Waals surface area contributed by atoms with Crippen LogP contribution in [0.5, 0.6) is 0 Å². The first kappa shape index (κ1) is 19.0. The van der Waals surface area contributed by atoms with Gasteiger partial charge in [-0.3, -0.25) is 14.6 Å². The summed E-state index contributed by atoms with van der Waals surface area (Å²) in [4.78, 5) is 42.1. The van der Waals surface area contributed by atoms with Gasteiger partial charge < -0.3 is 15.0 Å². The number of para-hydroxylation sites is 1. The van der Waals surface area contributed by atoms with Crippen LogP contribution >= 0.6 is 0 Å². The number of carbonyl (C=O) groups is 3. The van der Waals surface area contributed by atoms with Crippen molar-refractivity contribution in [3.63, 3.8) is 0 Å². The number of esters is 1. The van der Waals surface area contributed by atoms with Crippen LogP contribution in [0, 0.1) is 0 Å². The predicted molar refractivity (Wildman–Crippen MR) is 106 cm³/mol. The second-order valence-electron chi connectivity index (χ2n) is 6.08. The lowest BCUT2D eigenvalue weighted by molar-refractivity contribution is -0.120. The van der Waals surface area contributed by atoms with Gasteiger partial charge in [0.15, 0.2) is 0 Å². The molecule has 0 spiro atoms. The Morgan fingerprint density at radius 1 is 1.07 bits per heavy atom. The summed E-state index contributed by atoms with van der Waals surface area (Å²) in [7, 11) is 1.29. The van der Waals surface area contributed by atoms with E-state index in [1.807, 2.05) is 24.3 Å². The number of pyridine rings is 1. The SMILES string of the molecule is COC(=O)c1cccc(NC(=O)CN(C(C)=O)c2cccc3cccnc23)c1. The van der Waals surface area contributed by atoms with E-state index < -0.39 is 11.9 Å². The molecule has 28 heavy (non-hydrogen) atoms. The van der Waals surface area contributed by atoms with Gasteiger partial charge in [0.1, 0.15) is 6.54 Å². The Morgan fingerprint density at radius 2 is 1.82 bits per heavy atom. The number of hydrogen-bond acceptors (Lipinski definition) is 5. The molecular weight excluding hydrogens is 358 g/mol. The van der Waals surface area contributed by atoms with Crippen LogP contribution < -0.4 is 10.2 Å². The maximum atomic E-state index is 12.5. The van der Waals surface area contributed by atoms with Gasteiger partial charge in [-0.2, -0.15) is 0 Å². The van der Waals surface area contributed by atoms with Gasteiger partial charge in [0.2, 0.25) is 11.8 Å². The quantitative estimate of drug-likeness (QED) is 0.691. The highest BCUT2D eigenvalue weighted by atomic mass is 16.5. The minimum atomic E-state index is -0.497. The molecule has 7 nitrogen and oxygen atoms in total. The number of benzene rings is 2. The normalized spacial score (nSPS) is 10.4. The van der Waals surface area contributed by atoms with Crippen molar-refractivity contribution in [3.8, 4) is 0 Å². The Kier molecular flexibility index (Phi) is 5.64. The third-order valence-corrected chi connectivity index (χ3v) is 4.15. The van der Waals surface area contributed by atoms with E-state index in [2.05, 4.69) is 15.0 Å². The molecule has 3 rings (SSSR count). The van der Waals surface area contributed by atoms with E-state index in [1.54, 1.807) is 30.5 Å². The molecule has 0 atom stereocenters. The van der Waals surface area contributed by atoms with Gasteiger partial charge in [-0.05, 0) is 30.3 Å². The fourth-order valence-electron chi connectivity index (χ4n) is 2.86. The lowest BCUT2D eigenvalue weighted by atomic mass is 10.1. The average Bonchev–Trinajstić information content (AvgIpc) is 2.71. The number of rotatable bonds is 5. The first-order chi connectivity index (χ1) is 13.5. The smallest absolute Gasteiger partial charge is 0.337 e. The van der Waals surface area contributed by atoms with Crippen molar-refractivity contribution in [2.45, 2.75) is 6.92 Å². The van der Waals surface area contributed by atoms with Gasteiger partial charge >= 0.3 is 5.97 Å². The average molecular weight is 377 g/mol. The third kappa shape index (κ3) is 4.15. The molecule has 0 unspecified atom stereocenters. The molecule has 1 aromatic heterocycles. The minimum Gasteiger partial charge on any atom is -0.465 e. The Morgan fingerprint density at radius 3 is 2.57 bits per heavy atom. The van der Waals surface area contributed by atoms with Crippen molar-refractivity contribution in [2.75, 3.05) is 23.9 Å². The first-order valence-corrected chi connectivity index (χ1v) is 8.59. The van der Waals surface area contributed by atoms with E-state index in [9.17, 15) is 14.4 Å². The maximum Gasteiger partial charge on any atom is 0.337 e. The van der Waals surface area contributed by atoms with Crippen LogP contribution in [0.1, 0.15) is 17.3 Å². The highest BCUT2D eigenvalue weighted by Crippen LogP contribution is 2.25. The molecular formula is C21H19N3O4. The zero-order chi connectivity index (χ0) is 20.1. The van der Waals surface area contributed by atoms with Crippen molar-refractivity contribution in [2.24, 2.45) is 0 Å². The Bertz CT molecular complexity index is 1040. The fraction of sp³-hybridized carbons (Fsp3) is 0.143. The summed E-state index contributed by atoms with van der Waals surface area (Å²) in [6, 6.07) is 15.6. The summed E-state index contributed by atoms with van der Waals surface area (Å²) in [5, 5.41) is 3.58. The minimum absolute atomic E-state index is 0.187. The number of hydrogen-bond donors (Lipinski definition) is 1. The summed E-state index contributed by atoms with van der Waals surface area (Å²) < 4.78 is 4.68. The van der Waals surface area contributed by atoms with E-state index in [0.29, 0.717) is 22.5 Å². The van der Waals surface area contributed by atoms with Gasteiger partial charge in [-0.25, -0.2) is 4.79 Å². The van der Waals surface area contributed by atoms with Gasteiger partial charge in [-0.15, -0.1) is 0 Å². The molecule has 0 saturated heterocycles. The van der Waals surface area contributed by atoms with Crippen molar-refractivity contribution in [3.05, 3.63) is 66.4 Å². The molecule has 1 heterocycles. The van der Waals surface area contributed by atoms with Crippen LogP contribution in [0.25, 0.3) is 10.9 Å². The third-order valence-electron chi connectivity index (χ3n) is 4.15. The molecule has 2 aromatic carbocycles. The van der Waals surface area contributed by atoms with Crippen molar-refractivity contribution in [1.29, 1.82) is 0 Å². The van der Waals surface area contributed by atoms with Gasteiger partial charge in [-0.1, -0.05) is 24.3 Å². The number of carbonyl (C=O) groups excluding carboxylic acids is 3. The van der Waals surface area contributed by atoms with Gasteiger partial charge in [0.05, 0.1) is 23.9 Å². The molecule has 0 bridgehead atoms. The van der Waals surface area contributed by atoms with Crippen molar-refractivity contribution < 1.29 is 19.1 Å². The van der Waals surface area contributed by atoms with Crippen LogP contribution in [0.4, 0.5) is 11.4 Å². The molecule has 0 saturated carbocycles. The van der Waals surface area contributed by atoms with Crippen molar-refractivity contribution >= 4 is 40.1 Å². The molecule has 1 N–H and O–H groups in total. The molecule has 0 fully saturated rings. The van der Waals surface area contributed by atoms with E-state index in [0.717, 1.165) is 5.39 Å². The van der Waals surface area contributed by atoms with Crippen LogP contribution in [-0.2, 0) is 14.3 Å². The Balaban J connectivity index is 1.82. The first-order valence-electron chi connectivity index (χ1n) is 8.59. The second kappa shape index (κ2) is 8.30. The zero-order valence-electron chi connectivity index (χ0n) is 15.5. The molecule has 3 aromatic rings. The lowest BCUT2D eigenvalue weighted by Gasteiger charge is -2.22. The number of aromatic nitrogens is 1. The zero-order valence-corrected chi connectivity index (χ0v) is 15.5. The van der Waals surface area contributed by atoms with E-state index in [4.69, 9.17) is 0 Å².